The minimum atomic E-state index is 0.0198. The molecule has 1 aliphatic rings. The first-order valence-corrected chi connectivity index (χ1v) is 4.66. The number of nitrogens with zero attached hydrogens (tertiary/aromatic N) is 1. The molecule has 13 heavy (non-hydrogen) atoms. The van der Waals surface area contributed by atoms with E-state index in [4.69, 9.17) is 4.74 Å². The number of carbonyl (C=O) groups is 1. The number of hydrogen-bond donors (Lipinski definition) is 0. The maximum absolute atomic E-state index is 11.4. The molecule has 3 nitrogen and oxygen atoms in total. The number of hydrogen-bond acceptors (Lipinski definition) is 2. The summed E-state index contributed by atoms with van der Waals surface area (Å²) in [5.41, 5.74) is 0. The summed E-state index contributed by atoms with van der Waals surface area (Å²) in [5.74, 6) is 0.0198. The standard InChI is InChI=1S/C10H17NO2/c1-4-10(12)11-7-5-6-9(11)8(2)13-3/h4,8-9H,1,5-7H2,2-3H3. The summed E-state index contributed by atoms with van der Waals surface area (Å²) in [6, 6.07) is 0.232. The Hall–Kier alpha value is -0.830. The fourth-order valence-electron chi connectivity index (χ4n) is 1.83. The third-order valence-electron chi connectivity index (χ3n) is 2.67. The van der Waals surface area contributed by atoms with E-state index in [1.54, 1.807) is 7.11 Å². The number of ether oxygens (including phenoxy) is 1. The number of carbonyl (C=O) groups excluding carboxylic acids is 1. The molecular formula is C10H17NO2. The molecule has 0 bridgehead atoms. The Morgan fingerprint density at radius 1 is 1.77 bits per heavy atom. The number of amides is 1. The summed E-state index contributed by atoms with van der Waals surface area (Å²) in [6.07, 6.45) is 3.60. The first-order chi connectivity index (χ1) is 6.20. The molecule has 0 spiro atoms. The van der Waals surface area contributed by atoms with Crippen molar-refractivity contribution in [3.8, 4) is 0 Å². The van der Waals surface area contributed by atoms with Crippen LogP contribution in [0.3, 0.4) is 0 Å². The van der Waals surface area contributed by atoms with Crippen molar-refractivity contribution in [2.75, 3.05) is 13.7 Å². The molecule has 0 saturated carbocycles. The van der Waals surface area contributed by atoms with Gasteiger partial charge in [-0.25, -0.2) is 0 Å². The minimum absolute atomic E-state index is 0.0198. The summed E-state index contributed by atoms with van der Waals surface area (Å²) in [6.45, 7) is 6.33. The van der Waals surface area contributed by atoms with Crippen molar-refractivity contribution >= 4 is 5.91 Å². The molecule has 1 fully saturated rings. The SMILES string of the molecule is C=CC(=O)N1CCCC1C(C)OC. The first-order valence-electron chi connectivity index (χ1n) is 4.66. The average Bonchev–Trinajstić information content (AvgIpc) is 2.63. The Balaban J connectivity index is 2.63. The lowest BCUT2D eigenvalue weighted by molar-refractivity contribution is -0.129. The highest BCUT2D eigenvalue weighted by Gasteiger charge is 2.31. The highest BCUT2D eigenvalue weighted by Crippen LogP contribution is 2.21. The molecule has 1 amide bonds. The smallest absolute Gasteiger partial charge is 0.246 e. The third-order valence-corrected chi connectivity index (χ3v) is 2.67. The zero-order valence-electron chi connectivity index (χ0n) is 8.32. The van der Waals surface area contributed by atoms with Crippen LogP contribution in [-0.4, -0.2) is 36.6 Å². The van der Waals surface area contributed by atoms with E-state index in [-0.39, 0.29) is 18.1 Å². The van der Waals surface area contributed by atoms with Crippen molar-refractivity contribution < 1.29 is 9.53 Å². The van der Waals surface area contributed by atoms with Gasteiger partial charge >= 0.3 is 0 Å². The van der Waals surface area contributed by atoms with Crippen LogP contribution in [0.1, 0.15) is 19.8 Å². The average molecular weight is 183 g/mol. The number of rotatable bonds is 3. The van der Waals surface area contributed by atoms with Crippen LogP contribution < -0.4 is 0 Å². The zero-order valence-corrected chi connectivity index (χ0v) is 8.32. The van der Waals surface area contributed by atoms with Crippen molar-refractivity contribution in [2.24, 2.45) is 0 Å². The van der Waals surface area contributed by atoms with Crippen LogP contribution in [0.4, 0.5) is 0 Å². The molecule has 1 aliphatic heterocycles. The van der Waals surface area contributed by atoms with E-state index in [9.17, 15) is 4.79 Å². The fourth-order valence-corrected chi connectivity index (χ4v) is 1.83. The van der Waals surface area contributed by atoms with Gasteiger partial charge in [-0.2, -0.15) is 0 Å². The Kier molecular flexibility index (Phi) is 3.48. The maximum Gasteiger partial charge on any atom is 0.246 e. The predicted molar refractivity (Wildman–Crippen MR) is 51.4 cm³/mol. The maximum atomic E-state index is 11.4. The van der Waals surface area contributed by atoms with E-state index in [0.717, 1.165) is 19.4 Å². The monoisotopic (exact) mass is 183 g/mol. The van der Waals surface area contributed by atoms with Crippen LogP contribution >= 0.6 is 0 Å². The van der Waals surface area contributed by atoms with E-state index in [1.807, 2.05) is 11.8 Å². The predicted octanol–water partition coefficient (Wildman–Crippen LogP) is 1.20. The van der Waals surface area contributed by atoms with Crippen molar-refractivity contribution in [3.63, 3.8) is 0 Å². The van der Waals surface area contributed by atoms with Gasteiger partial charge in [0, 0.05) is 13.7 Å². The number of methoxy groups -OCH3 is 1. The third kappa shape index (κ3) is 2.10. The molecule has 1 rings (SSSR count). The van der Waals surface area contributed by atoms with E-state index in [1.165, 1.54) is 6.08 Å². The van der Waals surface area contributed by atoms with Crippen LogP contribution in [0.15, 0.2) is 12.7 Å². The van der Waals surface area contributed by atoms with Gasteiger partial charge in [-0.15, -0.1) is 0 Å². The zero-order chi connectivity index (χ0) is 9.84. The molecule has 0 radical (unpaired) electrons. The Morgan fingerprint density at radius 3 is 3.00 bits per heavy atom. The lowest BCUT2D eigenvalue weighted by atomic mass is 10.1. The molecule has 0 aromatic heterocycles. The van der Waals surface area contributed by atoms with Gasteiger partial charge in [-0.05, 0) is 25.8 Å². The van der Waals surface area contributed by atoms with E-state index >= 15 is 0 Å². The molecule has 2 atom stereocenters. The molecule has 0 N–H and O–H groups in total. The summed E-state index contributed by atoms with van der Waals surface area (Å²) < 4.78 is 5.23. The van der Waals surface area contributed by atoms with Gasteiger partial charge in [0.15, 0.2) is 0 Å². The van der Waals surface area contributed by atoms with Gasteiger partial charge in [-0.3, -0.25) is 4.79 Å². The summed E-state index contributed by atoms with van der Waals surface area (Å²) in [5, 5.41) is 0. The van der Waals surface area contributed by atoms with Gasteiger partial charge in [0.2, 0.25) is 5.91 Å². The van der Waals surface area contributed by atoms with E-state index in [2.05, 4.69) is 6.58 Å². The Labute approximate surface area is 79.4 Å². The molecule has 0 aromatic rings. The van der Waals surface area contributed by atoms with Crippen molar-refractivity contribution in [2.45, 2.75) is 31.9 Å². The molecule has 1 heterocycles. The quantitative estimate of drug-likeness (QED) is 0.615. The second-order valence-electron chi connectivity index (χ2n) is 3.39. The molecule has 2 unspecified atom stereocenters. The Morgan fingerprint density at radius 2 is 2.46 bits per heavy atom. The summed E-state index contributed by atoms with van der Waals surface area (Å²) in [7, 11) is 1.68. The summed E-state index contributed by atoms with van der Waals surface area (Å²) in [4.78, 5) is 13.2. The highest BCUT2D eigenvalue weighted by molar-refractivity contribution is 5.87. The molecular weight excluding hydrogens is 166 g/mol. The topological polar surface area (TPSA) is 29.5 Å². The highest BCUT2D eigenvalue weighted by atomic mass is 16.5. The molecule has 3 heteroatoms. The van der Waals surface area contributed by atoms with E-state index < -0.39 is 0 Å². The molecule has 0 aromatic carbocycles. The van der Waals surface area contributed by atoms with Gasteiger partial charge in [-0.1, -0.05) is 6.58 Å². The molecule has 0 aliphatic carbocycles. The minimum Gasteiger partial charge on any atom is -0.380 e. The van der Waals surface area contributed by atoms with Gasteiger partial charge < -0.3 is 9.64 Å². The molecule has 1 saturated heterocycles. The second kappa shape index (κ2) is 4.42. The lowest BCUT2D eigenvalue weighted by Gasteiger charge is -2.27. The van der Waals surface area contributed by atoms with Crippen LogP contribution in [0.25, 0.3) is 0 Å². The lowest BCUT2D eigenvalue weighted by Crippen LogP contribution is -2.41. The van der Waals surface area contributed by atoms with Crippen LogP contribution in [0, 0.1) is 0 Å². The van der Waals surface area contributed by atoms with Crippen molar-refractivity contribution in [3.05, 3.63) is 12.7 Å². The van der Waals surface area contributed by atoms with Gasteiger partial charge in [0.1, 0.15) is 0 Å². The van der Waals surface area contributed by atoms with Crippen molar-refractivity contribution in [1.82, 2.24) is 4.90 Å². The van der Waals surface area contributed by atoms with Crippen molar-refractivity contribution in [1.29, 1.82) is 0 Å². The largest absolute Gasteiger partial charge is 0.380 e. The number of likely N-dealkylation sites (tertiary alicyclic amines) is 1. The van der Waals surface area contributed by atoms with Gasteiger partial charge in [0.25, 0.3) is 0 Å². The fraction of sp³-hybridized carbons (Fsp3) is 0.700. The van der Waals surface area contributed by atoms with Crippen LogP contribution in [0.2, 0.25) is 0 Å². The van der Waals surface area contributed by atoms with Crippen LogP contribution in [-0.2, 0) is 9.53 Å². The van der Waals surface area contributed by atoms with Gasteiger partial charge in [0.05, 0.1) is 12.1 Å². The Bertz CT molecular complexity index is 203. The molecule has 74 valence electrons. The second-order valence-corrected chi connectivity index (χ2v) is 3.39. The van der Waals surface area contributed by atoms with Crippen LogP contribution in [0.5, 0.6) is 0 Å². The normalized spacial score (nSPS) is 24.5. The summed E-state index contributed by atoms with van der Waals surface area (Å²) >= 11 is 0. The van der Waals surface area contributed by atoms with E-state index in [0.29, 0.717) is 0 Å². The first kappa shape index (κ1) is 10.3.